The lowest BCUT2D eigenvalue weighted by Crippen LogP contribution is -2.21. The van der Waals surface area contributed by atoms with Gasteiger partial charge in [0.05, 0.1) is 0 Å². The Kier molecular flexibility index (Phi) is 5.06. The fraction of sp³-hybridized carbons (Fsp3) is 0.308. The van der Waals surface area contributed by atoms with E-state index in [-0.39, 0.29) is 0 Å². The van der Waals surface area contributed by atoms with E-state index in [1.807, 2.05) is 17.6 Å². The van der Waals surface area contributed by atoms with Crippen LogP contribution >= 0.6 is 34.7 Å². The Morgan fingerprint density at radius 1 is 1.44 bits per heavy atom. The Morgan fingerprint density at radius 3 is 2.89 bits per heavy atom. The Hall–Kier alpha value is -0.550. The smallest absolute Gasteiger partial charge is 0.154 e. The van der Waals surface area contributed by atoms with E-state index in [9.17, 15) is 0 Å². The molecule has 1 aromatic carbocycles. The summed E-state index contributed by atoms with van der Waals surface area (Å²) in [6.07, 6.45) is 1.82. The van der Waals surface area contributed by atoms with E-state index in [1.165, 1.54) is 0 Å². The fourth-order valence-electron chi connectivity index (χ4n) is 1.41. The van der Waals surface area contributed by atoms with Gasteiger partial charge in [-0.25, -0.2) is 4.98 Å². The highest BCUT2D eigenvalue weighted by Gasteiger charge is 2.05. The molecule has 0 atom stereocenters. The Bertz CT molecular complexity index is 498. The number of hydrogen-bond donors (Lipinski definition) is 1. The SMILES string of the molecule is CC(C)NCc1ccc(Sc2nccs2)cc1Cl. The largest absolute Gasteiger partial charge is 0.310 e. The number of benzene rings is 1. The van der Waals surface area contributed by atoms with E-state index in [4.69, 9.17) is 11.6 Å². The molecule has 1 aromatic heterocycles. The van der Waals surface area contributed by atoms with Gasteiger partial charge in [0.1, 0.15) is 0 Å². The topological polar surface area (TPSA) is 24.9 Å². The molecule has 1 heterocycles. The van der Waals surface area contributed by atoms with E-state index < -0.39 is 0 Å². The highest BCUT2D eigenvalue weighted by Crippen LogP contribution is 2.31. The summed E-state index contributed by atoms with van der Waals surface area (Å²) in [5.41, 5.74) is 1.13. The monoisotopic (exact) mass is 298 g/mol. The Morgan fingerprint density at radius 2 is 2.28 bits per heavy atom. The summed E-state index contributed by atoms with van der Waals surface area (Å²) < 4.78 is 1.04. The number of rotatable bonds is 5. The van der Waals surface area contributed by atoms with Gasteiger partial charge in [0.2, 0.25) is 0 Å². The normalized spacial score (nSPS) is 11.1. The predicted octanol–water partition coefficient (Wildman–Crippen LogP) is 4.45. The van der Waals surface area contributed by atoms with Crippen LogP contribution in [-0.2, 0) is 6.54 Å². The second kappa shape index (κ2) is 6.57. The summed E-state index contributed by atoms with van der Waals surface area (Å²) in [7, 11) is 0. The number of thiazole rings is 1. The van der Waals surface area contributed by atoms with Crippen LogP contribution in [0.4, 0.5) is 0 Å². The molecule has 1 N–H and O–H groups in total. The third-order valence-electron chi connectivity index (χ3n) is 2.34. The van der Waals surface area contributed by atoms with Gasteiger partial charge in [-0.05, 0) is 17.7 Å². The van der Waals surface area contributed by atoms with Crippen LogP contribution in [0, 0.1) is 0 Å². The first-order chi connectivity index (χ1) is 8.65. The lowest BCUT2D eigenvalue weighted by molar-refractivity contribution is 0.589. The molecule has 0 bridgehead atoms. The fourth-order valence-corrected chi connectivity index (χ4v) is 3.36. The third kappa shape index (κ3) is 3.99. The minimum Gasteiger partial charge on any atom is -0.310 e. The molecule has 0 aliphatic heterocycles. The molecule has 0 unspecified atom stereocenters. The van der Waals surface area contributed by atoms with Gasteiger partial charge < -0.3 is 5.32 Å². The summed E-state index contributed by atoms with van der Waals surface area (Å²) in [6, 6.07) is 6.64. The van der Waals surface area contributed by atoms with Crippen molar-refractivity contribution >= 4 is 34.7 Å². The van der Waals surface area contributed by atoms with Crippen LogP contribution in [0.5, 0.6) is 0 Å². The molecule has 0 aliphatic carbocycles. The van der Waals surface area contributed by atoms with Gasteiger partial charge in [0, 0.05) is 34.1 Å². The lowest BCUT2D eigenvalue weighted by Gasteiger charge is -2.10. The minimum absolute atomic E-state index is 0.463. The third-order valence-corrected chi connectivity index (χ3v) is 4.57. The molecule has 0 aliphatic rings. The average molecular weight is 299 g/mol. The van der Waals surface area contributed by atoms with Crippen molar-refractivity contribution in [1.29, 1.82) is 0 Å². The zero-order valence-corrected chi connectivity index (χ0v) is 12.7. The average Bonchev–Trinajstić information content (AvgIpc) is 2.80. The van der Waals surface area contributed by atoms with E-state index in [0.717, 1.165) is 26.4 Å². The first-order valence-electron chi connectivity index (χ1n) is 5.74. The van der Waals surface area contributed by atoms with Gasteiger partial charge in [0.15, 0.2) is 4.34 Å². The standard InChI is InChI=1S/C13H15ClN2S2/c1-9(2)16-8-10-3-4-11(7-12(10)14)18-13-15-5-6-17-13/h3-7,9,16H,8H2,1-2H3. The molecule has 96 valence electrons. The van der Waals surface area contributed by atoms with Crippen LogP contribution in [0.2, 0.25) is 5.02 Å². The van der Waals surface area contributed by atoms with Crippen LogP contribution in [0.3, 0.4) is 0 Å². The minimum atomic E-state index is 0.463. The zero-order valence-electron chi connectivity index (χ0n) is 10.3. The van der Waals surface area contributed by atoms with E-state index in [0.29, 0.717) is 6.04 Å². The van der Waals surface area contributed by atoms with Crippen LogP contribution < -0.4 is 5.32 Å². The number of nitrogens with one attached hydrogen (secondary N) is 1. The van der Waals surface area contributed by atoms with Gasteiger partial charge in [-0.2, -0.15) is 0 Å². The van der Waals surface area contributed by atoms with Gasteiger partial charge in [0.25, 0.3) is 0 Å². The van der Waals surface area contributed by atoms with Crippen molar-refractivity contribution in [2.24, 2.45) is 0 Å². The van der Waals surface area contributed by atoms with Crippen LogP contribution in [0.25, 0.3) is 0 Å². The van der Waals surface area contributed by atoms with Gasteiger partial charge >= 0.3 is 0 Å². The summed E-state index contributed by atoms with van der Waals surface area (Å²) in [5, 5.41) is 6.15. The Labute approximate surface area is 121 Å². The summed E-state index contributed by atoms with van der Waals surface area (Å²) in [4.78, 5) is 5.38. The van der Waals surface area contributed by atoms with Crippen molar-refractivity contribution in [2.75, 3.05) is 0 Å². The maximum absolute atomic E-state index is 6.28. The van der Waals surface area contributed by atoms with Crippen LogP contribution in [0.15, 0.2) is 39.0 Å². The second-order valence-electron chi connectivity index (χ2n) is 4.19. The Balaban J connectivity index is 2.05. The molecule has 2 nitrogen and oxygen atoms in total. The maximum atomic E-state index is 6.28. The molecule has 0 saturated heterocycles. The summed E-state index contributed by atoms with van der Waals surface area (Å²) in [6.45, 7) is 5.06. The molecular weight excluding hydrogens is 284 g/mol. The van der Waals surface area contributed by atoms with Gasteiger partial charge in [-0.15, -0.1) is 11.3 Å². The molecule has 0 spiro atoms. The molecule has 18 heavy (non-hydrogen) atoms. The van der Waals surface area contributed by atoms with Crippen molar-refractivity contribution in [3.63, 3.8) is 0 Å². The van der Waals surface area contributed by atoms with E-state index >= 15 is 0 Å². The van der Waals surface area contributed by atoms with Crippen molar-refractivity contribution in [2.45, 2.75) is 35.7 Å². The van der Waals surface area contributed by atoms with Crippen LogP contribution in [-0.4, -0.2) is 11.0 Å². The number of aromatic nitrogens is 1. The highest BCUT2D eigenvalue weighted by atomic mass is 35.5. The number of halogens is 1. The van der Waals surface area contributed by atoms with E-state index in [1.54, 1.807) is 23.1 Å². The summed E-state index contributed by atoms with van der Waals surface area (Å²) >= 11 is 9.57. The molecule has 5 heteroatoms. The first-order valence-corrected chi connectivity index (χ1v) is 7.81. The summed E-state index contributed by atoms with van der Waals surface area (Å²) in [5.74, 6) is 0. The molecule has 0 fully saturated rings. The first kappa shape index (κ1) is 13.9. The lowest BCUT2D eigenvalue weighted by atomic mass is 10.2. The predicted molar refractivity (Wildman–Crippen MR) is 79.7 cm³/mol. The quantitative estimate of drug-likeness (QED) is 0.883. The van der Waals surface area contributed by atoms with E-state index in [2.05, 4.69) is 36.3 Å². The van der Waals surface area contributed by atoms with Crippen molar-refractivity contribution < 1.29 is 0 Å². The zero-order chi connectivity index (χ0) is 13.0. The molecule has 0 saturated carbocycles. The maximum Gasteiger partial charge on any atom is 0.154 e. The van der Waals surface area contributed by atoms with Gasteiger partial charge in [-0.3, -0.25) is 0 Å². The van der Waals surface area contributed by atoms with Crippen molar-refractivity contribution in [1.82, 2.24) is 10.3 Å². The number of nitrogens with zero attached hydrogens (tertiary/aromatic N) is 1. The molecule has 2 rings (SSSR count). The highest BCUT2D eigenvalue weighted by molar-refractivity contribution is 8.01. The molecular formula is C13H15ClN2S2. The van der Waals surface area contributed by atoms with Crippen molar-refractivity contribution in [3.8, 4) is 0 Å². The second-order valence-corrected chi connectivity index (χ2v) is 6.81. The van der Waals surface area contributed by atoms with Crippen LogP contribution in [0.1, 0.15) is 19.4 Å². The number of hydrogen-bond acceptors (Lipinski definition) is 4. The van der Waals surface area contributed by atoms with Crippen molar-refractivity contribution in [3.05, 3.63) is 40.4 Å². The molecule has 2 aromatic rings. The molecule has 0 amide bonds. The van der Waals surface area contributed by atoms with Gasteiger partial charge in [-0.1, -0.05) is 43.3 Å². The molecule has 0 radical (unpaired) electrons.